The summed E-state index contributed by atoms with van der Waals surface area (Å²) < 4.78 is 127. The highest BCUT2D eigenvalue weighted by molar-refractivity contribution is 5.21. The second-order valence-corrected chi connectivity index (χ2v) is 17.1. The molecule has 0 N–H and O–H groups in total. The predicted molar refractivity (Wildman–Crippen MR) is 178 cm³/mol. The Morgan fingerprint density at radius 1 is 0.714 bits per heavy atom. The Kier molecular flexibility index (Phi) is 13.1. The molecule has 0 aromatic rings. The molecule has 0 aromatic carbocycles. The van der Waals surface area contributed by atoms with Crippen LogP contribution in [0, 0.1) is 27.6 Å². The van der Waals surface area contributed by atoms with Gasteiger partial charge >= 0.3 is 18.0 Å². The number of hydrogen-bond acceptors (Lipinski definition) is 4. The van der Waals surface area contributed by atoms with Crippen LogP contribution in [-0.2, 0) is 18.9 Å². The summed E-state index contributed by atoms with van der Waals surface area (Å²) in [4.78, 5) is 0. The van der Waals surface area contributed by atoms with Crippen LogP contribution in [0.1, 0.15) is 159 Å². The molecule has 6 unspecified atom stereocenters. The molecule has 4 nitrogen and oxygen atoms in total. The highest BCUT2D eigenvalue weighted by Crippen LogP contribution is 2.76. The standard InChI is InChI=1S/C38H65F7O4/c1-11-14-24-47-28(5)49-33(10,36(39,40)37(41,42)38(43,44)45)35-21-19-34(26-35,20-22-35)30(6,7)25-31(8,13-3)29-17-15-16-18-32(29,9)48-27(4)46-23-12-2/h27-29H,11-26H2,1-10H3. The minimum Gasteiger partial charge on any atom is -0.353 e. The fourth-order valence-corrected chi connectivity index (χ4v) is 10.5. The van der Waals surface area contributed by atoms with Crippen LogP contribution in [0.5, 0.6) is 0 Å². The first-order valence-electron chi connectivity index (χ1n) is 18.8. The second-order valence-electron chi connectivity index (χ2n) is 17.1. The van der Waals surface area contributed by atoms with Crippen LogP contribution in [0.25, 0.3) is 0 Å². The van der Waals surface area contributed by atoms with Crippen molar-refractivity contribution in [3.8, 4) is 0 Å². The number of alkyl halides is 7. The van der Waals surface area contributed by atoms with Gasteiger partial charge in [-0.25, -0.2) is 0 Å². The third-order valence-electron chi connectivity index (χ3n) is 13.5. The summed E-state index contributed by atoms with van der Waals surface area (Å²) in [7, 11) is 0. The highest BCUT2D eigenvalue weighted by Gasteiger charge is 2.84. The molecule has 0 heterocycles. The van der Waals surface area contributed by atoms with E-state index in [9.17, 15) is 22.0 Å². The van der Waals surface area contributed by atoms with Crippen LogP contribution in [0.2, 0.25) is 0 Å². The van der Waals surface area contributed by atoms with Crippen molar-refractivity contribution < 1.29 is 49.7 Å². The number of fused-ring (bicyclic) bond motifs is 2. The van der Waals surface area contributed by atoms with Crippen LogP contribution >= 0.6 is 0 Å². The van der Waals surface area contributed by atoms with Crippen molar-refractivity contribution in [2.45, 2.75) is 201 Å². The average molecular weight is 719 g/mol. The lowest BCUT2D eigenvalue weighted by molar-refractivity contribution is -0.416. The lowest BCUT2D eigenvalue weighted by atomic mass is 9.52. The van der Waals surface area contributed by atoms with E-state index in [4.69, 9.17) is 18.9 Å². The number of rotatable bonds is 19. The summed E-state index contributed by atoms with van der Waals surface area (Å²) in [6, 6.07) is 0. The molecule has 2 bridgehead atoms. The molecule has 11 heteroatoms. The molecule has 0 aliphatic heterocycles. The summed E-state index contributed by atoms with van der Waals surface area (Å²) in [6.45, 7) is 19.6. The molecular formula is C38H65F7O4. The van der Waals surface area contributed by atoms with Crippen LogP contribution in [0.15, 0.2) is 0 Å². The lowest BCUT2D eigenvalue weighted by Crippen LogP contribution is -2.69. The third-order valence-corrected chi connectivity index (χ3v) is 13.5. The molecule has 0 saturated heterocycles. The molecule has 3 saturated carbocycles. The van der Waals surface area contributed by atoms with E-state index >= 15 is 8.78 Å². The first kappa shape index (κ1) is 42.8. The van der Waals surface area contributed by atoms with E-state index in [-0.39, 0.29) is 43.5 Å². The zero-order valence-electron chi connectivity index (χ0n) is 31.8. The van der Waals surface area contributed by atoms with Crippen molar-refractivity contribution in [3.05, 3.63) is 0 Å². The third kappa shape index (κ3) is 7.71. The predicted octanol–water partition coefficient (Wildman–Crippen LogP) is 12.3. The zero-order chi connectivity index (χ0) is 37.4. The van der Waals surface area contributed by atoms with Crippen molar-refractivity contribution in [1.29, 1.82) is 0 Å². The van der Waals surface area contributed by atoms with Gasteiger partial charge in [-0.3, -0.25) is 0 Å². The minimum atomic E-state index is -6.46. The van der Waals surface area contributed by atoms with Crippen molar-refractivity contribution in [2.75, 3.05) is 13.2 Å². The Bertz CT molecular complexity index is 1070. The monoisotopic (exact) mass is 718 g/mol. The Hall–Kier alpha value is -0.650. The van der Waals surface area contributed by atoms with Crippen molar-refractivity contribution in [2.24, 2.45) is 27.6 Å². The van der Waals surface area contributed by atoms with Crippen LogP contribution in [0.3, 0.4) is 0 Å². The molecule has 3 aliphatic rings. The van der Waals surface area contributed by atoms with Gasteiger partial charge < -0.3 is 18.9 Å². The lowest BCUT2D eigenvalue weighted by Gasteiger charge is -2.55. The molecule has 0 amide bonds. The van der Waals surface area contributed by atoms with E-state index in [1.165, 1.54) is 6.92 Å². The minimum absolute atomic E-state index is 0.0670. The molecule has 290 valence electrons. The molecule has 0 spiro atoms. The largest absolute Gasteiger partial charge is 0.459 e. The van der Waals surface area contributed by atoms with Gasteiger partial charge in [0.05, 0.1) is 5.60 Å². The normalized spacial score (nSPS) is 32.1. The zero-order valence-corrected chi connectivity index (χ0v) is 31.8. The number of ether oxygens (including phenoxy) is 4. The maximum absolute atomic E-state index is 16.2. The molecule has 0 radical (unpaired) electrons. The van der Waals surface area contributed by atoms with Gasteiger partial charge in [0.25, 0.3) is 0 Å². The van der Waals surface area contributed by atoms with Crippen LogP contribution in [-0.4, -0.2) is 55.0 Å². The van der Waals surface area contributed by atoms with E-state index in [0.29, 0.717) is 25.9 Å². The van der Waals surface area contributed by atoms with Gasteiger partial charge in [0.1, 0.15) is 5.60 Å². The summed E-state index contributed by atoms with van der Waals surface area (Å²) in [6.07, 6.45) is 0.558. The topological polar surface area (TPSA) is 36.9 Å². The Morgan fingerprint density at radius 2 is 1.29 bits per heavy atom. The number of hydrogen-bond donors (Lipinski definition) is 0. The van der Waals surface area contributed by atoms with Gasteiger partial charge in [-0.1, -0.05) is 67.2 Å². The van der Waals surface area contributed by atoms with Gasteiger partial charge in [0.15, 0.2) is 12.6 Å². The van der Waals surface area contributed by atoms with Crippen LogP contribution < -0.4 is 0 Å². The number of unbranched alkanes of at least 4 members (excludes halogenated alkanes) is 1. The SMILES string of the molecule is CCCCOC(C)OC(C)(C12CCC(C(C)(C)CC(C)(CC)C3CCCCC3(C)OC(C)OCCC)(CC1)C2)C(F)(F)C(F)(F)C(F)(F)F. The maximum atomic E-state index is 16.2. The molecule has 3 fully saturated rings. The Balaban J connectivity index is 1.99. The molecule has 49 heavy (non-hydrogen) atoms. The van der Waals surface area contributed by atoms with E-state index in [2.05, 4.69) is 34.6 Å². The second kappa shape index (κ2) is 15.0. The first-order valence-corrected chi connectivity index (χ1v) is 18.8. The summed E-state index contributed by atoms with van der Waals surface area (Å²) >= 11 is 0. The van der Waals surface area contributed by atoms with Crippen molar-refractivity contribution in [3.63, 3.8) is 0 Å². The smallest absolute Gasteiger partial charge is 0.353 e. The fraction of sp³-hybridized carbons (Fsp3) is 1.00. The summed E-state index contributed by atoms with van der Waals surface area (Å²) in [5, 5.41) is 0. The maximum Gasteiger partial charge on any atom is 0.459 e. The molecular weight excluding hydrogens is 653 g/mol. The molecule has 6 atom stereocenters. The van der Waals surface area contributed by atoms with E-state index in [1.807, 2.05) is 20.8 Å². The summed E-state index contributed by atoms with van der Waals surface area (Å²) in [5.41, 5.74) is -6.41. The highest BCUT2D eigenvalue weighted by atomic mass is 19.4. The Morgan fingerprint density at radius 3 is 1.82 bits per heavy atom. The van der Waals surface area contributed by atoms with Crippen LogP contribution in [0.4, 0.5) is 30.7 Å². The fourth-order valence-electron chi connectivity index (χ4n) is 10.5. The average Bonchev–Trinajstić information content (AvgIpc) is 3.60. The first-order chi connectivity index (χ1) is 22.4. The summed E-state index contributed by atoms with van der Waals surface area (Å²) in [5.74, 6) is -11.7. The molecule has 0 aromatic heterocycles. The number of halogens is 7. The van der Waals surface area contributed by atoms with Crippen molar-refractivity contribution >= 4 is 0 Å². The van der Waals surface area contributed by atoms with Gasteiger partial charge in [-0.15, -0.1) is 0 Å². The molecule has 3 aliphatic carbocycles. The van der Waals surface area contributed by atoms with E-state index in [1.54, 1.807) is 0 Å². The molecule has 3 rings (SSSR count). The van der Waals surface area contributed by atoms with E-state index < -0.39 is 51.8 Å². The van der Waals surface area contributed by atoms with Crippen molar-refractivity contribution in [1.82, 2.24) is 0 Å². The quantitative estimate of drug-likeness (QED) is 0.0757. The van der Waals surface area contributed by atoms with E-state index in [0.717, 1.165) is 58.3 Å². The van der Waals surface area contributed by atoms with Gasteiger partial charge in [-0.2, -0.15) is 30.7 Å². The Labute approximate surface area is 291 Å². The van der Waals surface area contributed by atoms with Gasteiger partial charge in [0, 0.05) is 18.6 Å². The van der Waals surface area contributed by atoms with Gasteiger partial charge in [0.2, 0.25) is 0 Å². The van der Waals surface area contributed by atoms with Gasteiger partial charge in [-0.05, 0) is 114 Å².